The molecule has 4 aromatic rings. The van der Waals surface area contributed by atoms with E-state index in [1.165, 1.54) is 0 Å². The lowest BCUT2D eigenvalue weighted by Crippen LogP contribution is -2.26. The van der Waals surface area contributed by atoms with Crippen LogP contribution in [-0.4, -0.2) is 48.2 Å². The number of nitrogens with one attached hydrogen (secondary N) is 1. The zero-order valence-electron chi connectivity index (χ0n) is 19.0. The SMILES string of the molecule is CC12CCC(c3cn4cc(C(=O)Nc5cnc6cccnn56)c(OC5CCC5)cc4n3)(CO1)C2. The molecule has 0 aromatic carbocycles. The fourth-order valence-electron chi connectivity index (χ4n) is 5.55. The smallest absolute Gasteiger partial charge is 0.262 e. The van der Waals surface area contributed by atoms with Gasteiger partial charge in [0.1, 0.15) is 11.4 Å². The molecular formula is C25H26N6O3. The highest BCUT2D eigenvalue weighted by atomic mass is 16.5. The molecule has 2 saturated carbocycles. The number of pyridine rings is 1. The Labute approximate surface area is 196 Å². The van der Waals surface area contributed by atoms with Crippen molar-refractivity contribution >= 4 is 23.0 Å². The van der Waals surface area contributed by atoms with Crippen LogP contribution in [-0.2, 0) is 10.2 Å². The summed E-state index contributed by atoms with van der Waals surface area (Å²) in [7, 11) is 0. The van der Waals surface area contributed by atoms with E-state index < -0.39 is 0 Å². The van der Waals surface area contributed by atoms with E-state index in [-0.39, 0.29) is 23.0 Å². The van der Waals surface area contributed by atoms with Crippen LogP contribution < -0.4 is 10.1 Å². The number of anilines is 1. The van der Waals surface area contributed by atoms with Crippen LogP contribution >= 0.6 is 0 Å². The van der Waals surface area contributed by atoms with Gasteiger partial charge in [0.2, 0.25) is 0 Å². The Kier molecular flexibility index (Phi) is 4.12. The van der Waals surface area contributed by atoms with Gasteiger partial charge in [-0.05, 0) is 57.6 Å². The van der Waals surface area contributed by atoms with E-state index in [9.17, 15) is 4.79 Å². The Balaban J connectivity index is 1.27. The zero-order chi connectivity index (χ0) is 22.9. The van der Waals surface area contributed by atoms with Crippen LogP contribution in [0.2, 0.25) is 0 Å². The summed E-state index contributed by atoms with van der Waals surface area (Å²) in [5.74, 6) is 0.800. The first-order valence-corrected chi connectivity index (χ1v) is 11.9. The maximum Gasteiger partial charge on any atom is 0.262 e. The number of carbonyl (C=O) groups is 1. The number of fused-ring (bicyclic) bond motifs is 4. The van der Waals surface area contributed by atoms with Crippen LogP contribution in [0, 0.1) is 0 Å². The highest BCUT2D eigenvalue weighted by Gasteiger charge is 2.55. The second kappa shape index (κ2) is 7.02. The third-order valence-corrected chi connectivity index (χ3v) is 7.75. The van der Waals surface area contributed by atoms with Crippen LogP contribution in [0.3, 0.4) is 0 Å². The normalized spacial score (nSPS) is 26.3. The van der Waals surface area contributed by atoms with Crippen molar-refractivity contribution in [1.82, 2.24) is 24.0 Å². The topological polar surface area (TPSA) is 95.1 Å². The van der Waals surface area contributed by atoms with Crippen molar-refractivity contribution in [3.8, 4) is 5.75 Å². The summed E-state index contributed by atoms with van der Waals surface area (Å²) in [5, 5.41) is 7.24. The summed E-state index contributed by atoms with van der Waals surface area (Å²) in [5.41, 5.74) is 2.87. The molecule has 2 atom stereocenters. The van der Waals surface area contributed by atoms with Gasteiger partial charge in [-0.25, -0.2) is 9.97 Å². The number of amides is 1. The second-order valence-corrected chi connectivity index (χ2v) is 10.2. The lowest BCUT2D eigenvalue weighted by Gasteiger charge is -2.27. The molecule has 3 aliphatic rings. The number of nitrogens with zero attached hydrogens (tertiary/aromatic N) is 5. The lowest BCUT2D eigenvalue weighted by molar-refractivity contribution is -0.00627. The average Bonchev–Trinajstić information content (AvgIpc) is 3.57. The fraction of sp³-hybridized carbons (Fsp3) is 0.440. The van der Waals surface area contributed by atoms with Gasteiger partial charge in [-0.1, -0.05) is 0 Å². The van der Waals surface area contributed by atoms with Crippen molar-refractivity contribution in [3.05, 3.63) is 54.2 Å². The van der Waals surface area contributed by atoms with Gasteiger partial charge >= 0.3 is 0 Å². The van der Waals surface area contributed by atoms with Gasteiger partial charge in [-0.15, -0.1) is 0 Å². The number of ether oxygens (including phenoxy) is 2. The van der Waals surface area contributed by atoms with Crippen LogP contribution in [0.4, 0.5) is 5.82 Å². The molecular weight excluding hydrogens is 432 g/mol. The minimum Gasteiger partial charge on any atom is -0.489 e. The summed E-state index contributed by atoms with van der Waals surface area (Å²) < 4.78 is 15.9. The van der Waals surface area contributed by atoms with Crippen LogP contribution in [0.1, 0.15) is 61.5 Å². The van der Waals surface area contributed by atoms with Gasteiger partial charge in [0.05, 0.1) is 35.8 Å². The second-order valence-electron chi connectivity index (χ2n) is 10.2. The van der Waals surface area contributed by atoms with E-state index in [1.807, 2.05) is 28.8 Å². The summed E-state index contributed by atoms with van der Waals surface area (Å²) in [6.45, 7) is 2.90. The minimum absolute atomic E-state index is 0.0403. The van der Waals surface area contributed by atoms with E-state index in [0.717, 1.165) is 49.9 Å². The molecule has 1 aliphatic heterocycles. The Hall–Kier alpha value is -3.46. The Morgan fingerprint density at radius 2 is 2.18 bits per heavy atom. The standard InChI is InChI=1S/C25H26N6O3/c1-24-7-8-25(14-24,15-33-24)19-13-30-12-17(18(10-21(30)28-19)34-16-4-2-5-16)23(32)29-22-11-26-20-6-3-9-27-31(20)22/h3,6,9-13,16H,2,4-5,7-8,14-15H2,1H3,(H,29,32). The molecule has 2 aliphatic carbocycles. The third-order valence-electron chi connectivity index (χ3n) is 7.75. The molecule has 1 saturated heterocycles. The number of hydrogen-bond acceptors (Lipinski definition) is 6. The predicted octanol–water partition coefficient (Wildman–Crippen LogP) is 3.77. The Morgan fingerprint density at radius 1 is 1.26 bits per heavy atom. The molecule has 34 heavy (non-hydrogen) atoms. The first-order chi connectivity index (χ1) is 16.5. The van der Waals surface area contributed by atoms with E-state index >= 15 is 0 Å². The van der Waals surface area contributed by atoms with Crippen molar-refractivity contribution < 1.29 is 14.3 Å². The summed E-state index contributed by atoms with van der Waals surface area (Å²) >= 11 is 0. The molecule has 1 N–H and O–H groups in total. The largest absolute Gasteiger partial charge is 0.489 e. The molecule has 2 unspecified atom stereocenters. The lowest BCUT2D eigenvalue weighted by atomic mass is 9.84. The van der Waals surface area contributed by atoms with Gasteiger partial charge in [-0.2, -0.15) is 9.61 Å². The van der Waals surface area contributed by atoms with Crippen LogP contribution in [0.15, 0.2) is 43.0 Å². The molecule has 5 heterocycles. The molecule has 3 fully saturated rings. The molecule has 0 radical (unpaired) electrons. The molecule has 174 valence electrons. The third kappa shape index (κ3) is 3.03. The fourth-order valence-corrected chi connectivity index (χ4v) is 5.55. The van der Waals surface area contributed by atoms with Gasteiger partial charge in [0.25, 0.3) is 5.91 Å². The van der Waals surface area contributed by atoms with Crippen molar-refractivity contribution in [2.75, 3.05) is 11.9 Å². The van der Waals surface area contributed by atoms with Crippen molar-refractivity contribution in [3.63, 3.8) is 0 Å². The summed E-state index contributed by atoms with van der Waals surface area (Å²) in [4.78, 5) is 22.7. The van der Waals surface area contributed by atoms with Crippen molar-refractivity contribution in [1.29, 1.82) is 0 Å². The predicted molar refractivity (Wildman–Crippen MR) is 124 cm³/mol. The van der Waals surface area contributed by atoms with Crippen molar-refractivity contribution in [2.45, 2.75) is 62.6 Å². The van der Waals surface area contributed by atoms with E-state index in [2.05, 4.69) is 28.5 Å². The van der Waals surface area contributed by atoms with Crippen LogP contribution in [0.25, 0.3) is 11.3 Å². The van der Waals surface area contributed by atoms with Gasteiger partial charge < -0.3 is 19.2 Å². The number of aromatic nitrogens is 5. The van der Waals surface area contributed by atoms with Gasteiger partial charge in [0, 0.05) is 30.1 Å². The molecule has 7 rings (SSSR count). The molecule has 1 amide bonds. The average molecular weight is 459 g/mol. The Bertz CT molecular complexity index is 1430. The highest BCUT2D eigenvalue weighted by molar-refractivity contribution is 6.06. The quantitative estimate of drug-likeness (QED) is 0.489. The Morgan fingerprint density at radius 3 is 2.91 bits per heavy atom. The van der Waals surface area contributed by atoms with Crippen molar-refractivity contribution in [2.24, 2.45) is 0 Å². The van der Waals surface area contributed by atoms with Crippen LogP contribution in [0.5, 0.6) is 5.75 Å². The molecule has 2 bridgehead atoms. The highest BCUT2D eigenvalue weighted by Crippen LogP contribution is 2.53. The number of imidazole rings is 2. The van der Waals surface area contributed by atoms with Gasteiger partial charge in [-0.3, -0.25) is 4.79 Å². The molecule has 0 spiro atoms. The first-order valence-electron chi connectivity index (χ1n) is 11.9. The number of carbonyl (C=O) groups excluding carboxylic acids is 1. The maximum absolute atomic E-state index is 13.4. The molecule has 4 aromatic heterocycles. The summed E-state index contributed by atoms with van der Waals surface area (Å²) in [6, 6.07) is 5.54. The minimum atomic E-state index is -0.269. The summed E-state index contributed by atoms with van der Waals surface area (Å²) in [6.07, 6.45) is 13.6. The molecule has 9 heteroatoms. The number of hydrogen-bond donors (Lipinski definition) is 1. The molecule has 9 nitrogen and oxygen atoms in total. The van der Waals surface area contributed by atoms with Gasteiger partial charge in [0.15, 0.2) is 11.5 Å². The first kappa shape index (κ1) is 20.0. The zero-order valence-corrected chi connectivity index (χ0v) is 19.0. The monoisotopic (exact) mass is 458 g/mol. The van der Waals surface area contributed by atoms with E-state index in [0.29, 0.717) is 29.4 Å². The number of rotatable bonds is 5. The van der Waals surface area contributed by atoms with E-state index in [1.54, 1.807) is 16.9 Å². The van der Waals surface area contributed by atoms with E-state index in [4.69, 9.17) is 14.5 Å². The maximum atomic E-state index is 13.4.